The number of rotatable bonds is 4. The topological polar surface area (TPSA) is 77.8 Å². The van der Waals surface area contributed by atoms with Crippen LogP contribution in [-0.4, -0.2) is 16.5 Å². The summed E-state index contributed by atoms with van der Waals surface area (Å²) < 4.78 is 52.7. The van der Waals surface area contributed by atoms with Crippen molar-refractivity contribution in [1.82, 2.24) is 9.97 Å². The number of nitrogens with zero attached hydrogens (tertiary/aromatic N) is 2. The minimum absolute atomic E-state index is 0.0732. The van der Waals surface area contributed by atoms with E-state index < -0.39 is 28.1 Å². The molecule has 1 heterocycles. The number of hydrogen-bond acceptors (Lipinski definition) is 4. The summed E-state index contributed by atoms with van der Waals surface area (Å²) in [6.07, 6.45) is -3.38. The van der Waals surface area contributed by atoms with Gasteiger partial charge < -0.3 is 11.5 Å². The van der Waals surface area contributed by atoms with Gasteiger partial charge in [0.1, 0.15) is 12.1 Å². The number of alkyl halides is 3. The van der Waals surface area contributed by atoms with Crippen LogP contribution in [0.1, 0.15) is 16.8 Å². The van der Waals surface area contributed by atoms with Crippen LogP contribution in [-0.2, 0) is 11.7 Å². The van der Waals surface area contributed by atoms with Crippen molar-refractivity contribution in [3.8, 4) is 11.3 Å². The summed E-state index contributed by atoms with van der Waals surface area (Å²) >= 11 is 11.5. The molecule has 0 radical (unpaired) electrons. The van der Waals surface area contributed by atoms with Crippen LogP contribution in [0, 0.1) is 5.82 Å². The van der Waals surface area contributed by atoms with Crippen molar-refractivity contribution in [1.29, 1.82) is 0 Å². The molecule has 29 heavy (non-hydrogen) atoms. The molecule has 0 aliphatic heterocycles. The van der Waals surface area contributed by atoms with Crippen molar-refractivity contribution in [2.75, 3.05) is 6.54 Å². The van der Waals surface area contributed by atoms with E-state index in [1.165, 1.54) is 30.6 Å². The van der Waals surface area contributed by atoms with Crippen LogP contribution in [0.2, 0.25) is 10.0 Å². The molecule has 10 heteroatoms. The lowest BCUT2D eigenvalue weighted by molar-refractivity contribution is -0.137. The van der Waals surface area contributed by atoms with Gasteiger partial charge in [0.2, 0.25) is 0 Å². The molecule has 1 aromatic heterocycles. The fraction of sp³-hybridized carbons (Fsp3) is 0.158. The summed E-state index contributed by atoms with van der Waals surface area (Å²) in [7, 11) is 0. The monoisotopic (exact) mass is 444 g/mol. The van der Waals surface area contributed by atoms with Crippen LogP contribution in [0.15, 0.2) is 48.8 Å². The molecule has 0 bridgehead atoms. The van der Waals surface area contributed by atoms with Crippen molar-refractivity contribution in [2.45, 2.75) is 11.7 Å². The number of aromatic nitrogens is 2. The fourth-order valence-corrected chi connectivity index (χ4v) is 3.21. The van der Waals surface area contributed by atoms with E-state index in [0.717, 1.165) is 18.2 Å². The zero-order chi connectivity index (χ0) is 21.4. The minimum atomic E-state index is -4.57. The molecule has 0 aliphatic carbocycles. The number of nitrogens with two attached hydrogens (primary N) is 2. The van der Waals surface area contributed by atoms with E-state index in [-0.39, 0.29) is 23.0 Å². The third kappa shape index (κ3) is 4.20. The highest BCUT2D eigenvalue weighted by molar-refractivity contribution is 6.31. The highest BCUT2D eigenvalue weighted by atomic mass is 35.5. The Morgan fingerprint density at radius 3 is 2.24 bits per heavy atom. The fourth-order valence-electron chi connectivity index (χ4n) is 2.81. The summed E-state index contributed by atoms with van der Waals surface area (Å²) in [5, 5.41) is -0.538. The van der Waals surface area contributed by atoms with Crippen molar-refractivity contribution >= 4 is 23.2 Å². The lowest BCUT2D eigenvalue weighted by atomic mass is 9.86. The van der Waals surface area contributed by atoms with E-state index in [4.69, 9.17) is 34.7 Å². The average Bonchev–Trinajstić information content (AvgIpc) is 2.68. The standard InChI is InChI=1S/C19H14Cl2F4N4/c20-13-4-2-11(6-15(13)22)18(27,8-26)17-7-16(28-9-29-17)10-1-3-12(14(21)5-10)19(23,24)25/h1-7,9H,8,26-27H2. The van der Waals surface area contributed by atoms with Gasteiger partial charge in [-0.05, 0) is 35.9 Å². The molecule has 0 spiro atoms. The van der Waals surface area contributed by atoms with Crippen LogP contribution in [0.5, 0.6) is 0 Å². The number of halogens is 6. The molecule has 152 valence electrons. The van der Waals surface area contributed by atoms with Crippen molar-refractivity contribution in [2.24, 2.45) is 11.5 Å². The summed E-state index contributed by atoms with van der Waals surface area (Å²) in [6, 6.07) is 8.76. The normalized spacial score (nSPS) is 13.9. The Balaban J connectivity index is 2.06. The van der Waals surface area contributed by atoms with E-state index in [0.29, 0.717) is 11.1 Å². The average molecular weight is 445 g/mol. The van der Waals surface area contributed by atoms with Gasteiger partial charge >= 0.3 is 6.18 Å². The highest BCUT2D eigenvalue weighted by Crippen LogP contribution is 2.37. The van der Waals surface area contributed by atoms with E-state index in [1.54, 1.807) is 0 Å². The molecule has 3 rings (SSSR count). The molecular weight excluding hydrogens is 431 g/mol. The molecule has 2 aromatic carbocycles. The largest absolute Gasteiger partial charge is 0.417 e. The van der Waals surface area contributed by atoms with Gasteiger partial charge in [0.15, 0.2) is 0 Å². The van der Waals surface area contributed by atoms with Gasteiger partial charge in [-0.1, -0.05) is 35.3 Å². The van der Waals surface area contributed by atoms with Crippen LogP contribution in [0.4, 0.5) is 17.6 Å². The molecule has 3 aromatic rings. The lowest BCUT2D eigenvalue weighted by Crippen LogP contribution is -2.46. The maximum atomic E-state index is 13.9. The van der Waals surface area contributed by atoms with Gasteiger partial charge in [0, 0.05) is 12.1 Å². The summed E-state index contributed by atoms with van der Waals surface area (Å²) in [5.41, 5.74) is 11.1. The molecule has 4 N–H and O–H groups in total. The Labute approximate surface area is 173 Å². The first-order valence-corrected chi connectivity index (χ1v) is 8.96. The Morgan fingerprint density at radius 2 is 1.66 bits per heavy atom. The summed E-state index contributed by atoms with van der Waals surface area (Å²) in [5.74, 6) is -0.670. The van der Waals surface area contributed by atoms with E-state index >= 15 is 0 Å². The van der Waals surface area contributed by atoms with Gasteiger partial charge in [-0.2, -0.15) is 13.2 Å². The third-order valence-electron chi connectivity index (χ3n) is 4.45. The van der Waals surface area contributed by atoms with E-state index in [2.05, 4.69) is 9.97 Å². The third-order valence-corrected chi connectivity index (χ3v) is 5.07. The van der Waals surface area contributed by atoms with Gasteiger partial charge in [-0.15, -0.1) is 0 Å². The molecule has 0 saturated carbocycles. The van der Waals surface area contributed by atoms with Gasteiger partial charge in [0.25, 0.3) is 0 Å². The van der Waals surface area contributed by atoms with Crippen LogP contribution < -0.4 is 11.5 Å². The number of benzene rings is 2. The molecule has 1 atom stereocenters. The second-order valence-corrected chi connectivity index (χ2v) is 7.10. The zero-order valence-electron chi connectivity index (χ0n) is 14.6. The maximum Gasteiger partial charge on any atom is 0.417 e. The first kappa shape index (κ1) is 21.4. The molecule has 1 unspecified atom stereocenters. The summed E-state index contributed by atoms with van der Waals surface area (Å²) in [4.78, 5) is 8.20. The Bertz CT molecular complexity index is 1060. The molecule has 4 nitrogen and oxygen atoms in total. The number of hydrogen-bond donors (Lipinski definition) is 2. The smallest absolute Gasteiger partial charge is 0.328 e. The molecule has 0 amide bonds. The SMILES string of the molecule is NCC(N)(c1ccc(Cl)c(F)c1)c1cc(-c2ccc(C(F)(F)F)c(Cl)c2)ncn1. The van der Waals surface area contributed by atoms with Crippen LogP contribution in [0.25, 0.3) is 11.3 Å². The van der Waals surface area contributed by atoms with Crippen molar-refractivity contribution in [3.05, 3.63) is 81.5 Å². The van der Waals surface area contributed by atoms with Gasteiger partial charge in [-0.3, -0.25) is 0 Å². The Hall–Kier alpha value is -2.26. The van der Waals surface area contributed by atoms with Crippen LogP contribution in [0.3, 0.4) is 0 Å². The molecular formula is C19H14Cl2F4N4. The molecule has 0 saturated heterocycles. The maximum absolute atomic E-state index is 13.9. The van der Waals surface area contributed by atoms with Crippen molar-refractivity contribution in [3.63, 3.8) is 0 Å². The Kier molecular flexibility index (Phi) is 5.82. The van der Waals surface area contributed by atoms with E-state index in [1.807, 2.05) is 0 Å². The highest BCUT2D eigenvalue weighted by Gasteiger charge is 2.34. The second kappa shape index (κ2) is 7.87. The molecule has 0 aliphatic rings. The zero-order valence-corrected chi connectivity index (χ0v) is 16.2. The van der Waals surface area contributed by atoms with Gasteiger partial charge in [-0.25, -0.2) is 14.4 Å². The summed E-state index contributed by atoms with van der Waals surface area (Å²) in [6.45, 7) is -0.127. The lowest BCUT2D eigenvalue weighted by Gasteiger charge is -2.28. The van der Waals surface area contributed by atoms with Gasteiger partial charge in [0.05, 0.1) is 32.5 Å². The van der Waals surface area contributed by atoms with E-state index in [9.17, 15) is 17.6 Å². The predicted molar refractivity (Wildman–Crippen MR) is 103 cm³/mol. The van der Waals surface area contributed by atoms with Crippen LogP contribution >= 0.6 is 23.2 Å². The molecule has 0 fully saturated rings. The predicted octanol–water partition coefficient (Wildman–Crippen LogP) is 4.77. The first-order valence-electron chi connectivity index (χ1n) is 8.20. The first-order chi connectivity index (χ1) is 13.6. The Morgan fingerprint density at radius 1 is 0.931 bits per heavy atom. The quantitative estimate of drug-likeness (QED) is 0.568. The minimum Gasteiger partial charge on any atom is -0.328 e. The van der Waals surface area contributed by atoms with Crippen molar-refractivity contribution < 1.29 is 17.6 Å². The second-order valence-electron chi connectivity index (χ2n) is 6.29.